The van der Waals surface area contributed by atoms with Gasteiger partial charge in [0.2, 0.25) is 11.8 Å². The second-order valence-corrected chi connectivity index (χ2v) is 5.07. The summed E-state index contributed by atoms with van der Waals surface area (Å²) in [4.78, 5) is 25.0. The number of aryl methyl sites for hydroxylation is 1. The zero-order valence-electron chi connectivity index (χ0n) is 10.8. The van der Waals surface area contributed by atoms with E-state index in [1.54, 1.807) is 6.20 Å². The number of carbonyl (C=O) groups excluding carboxylic acids is 2. The number of thioether (sulfide) groups is 1. The first-order chi connectivity index (χ1) is 9.20. The van der Waals surface area contributed by atoms with Crippen molar-refractivity contribution in [3.05, 3.63) is 41.4 Å². The van der Waals surface area contributed by atoms with Crippen molar-refractivity contribution in [2.45, 2.75) is 13.3 Å². The number of nitrogens with zero attached hydrogens (tertiary/aromatic N) is 1. The average Bonchev–Trinajstić information content (AvgIpc) is 2.42. The van der Waals surface area contributed by atoms with Gasteiger partial charge in [-0.05, 0) is 23.5 Å². The van der Waals surface area contributed by atoms with E-state index in [1.807, 2.05) is 36.6 Å². The smallest absolute Gasteiger partial charge is 0.244 e. The Labute approximate surface area is 116 Å². The topological polar surface area (TPSA) is 49.4 Å². The van der Waals surface area contributed by atoms with E-state index < -0.39 is 0 Å². The Morgan fingerprint density at radius 1 is 1.42 bits per heavy atom. The Morgan fingerprint density at radius 2 is 2.21 bits per heavy atom. The molecule has 1 aromatic carbocycles. The number of carbonyl (C=O) groups is 2. The van der Waals surface area contributed by atoms with Gasteiger partial charge in [-0.1, -0.05) is 25.1 Å². The van der Waals surface area contributed by atoms with Crippen LogP contribution in [-0.4, -0.2) is 29.0 Å². The van der Waals surface area contributed by atoms with Crippen molar-refractivity contribution in [2.24, 2.45) is 0 Å². The van der Waals surface area contributed by atoms with Gasteiger partial charge in [-0.15, -0.1) is 11.8 Å². The van der Waals surface area contributed by atoms with E-state index in [-0.39, 0.29) is 18.4 Å². The quantitative estimate of drug-likeness (QED) is 0.917. The van der Waals surface area contributed by atoms with Crippen LogP contribution in [0.25, 0.3) is 0 Å². The highest BCUT2D eigenvalue weighted by atomic mass is 32.2. The molecule has 0 radical (unpaired) electrons. The van der Waals surface area contributed by atoms with Gasteiger partial charge in [0.1, 0.15) is 6.54 Å². The summed E-state index contributed by atoms with van der Waals surface area (Å²) in [6, 6.07) is 7.69. The van der Waals surface area contributed by atoms with Crippen LogP contribution in [0.5, 0.6) is 0 Å². The molecule has 0 saturated heterocycles. The maximum Gasteiger partial charge on any atom is 0.244 e. The second-order valence-electron chi connectivity index (χ2n) is 4.18. The lowest BCUT2D eigenvalue weighted by Crippen LogP contribution is -2.36. The lowest BCUT2D eigenvalue weighted by molar-refractivity contribution is -0.129. The van der Waals surface area contributed by atoms with Gasteiger partial charge in [-0.2, -0.15) is 0 Å². The normalized spacial score (nSPS) is 14.6. The second kappa shape index (κ2) is 6.43. The van der Waals surface area contributed by atoms with Gasteiger partial charge in [0.25, 0.3) is 0 Å². The van der Waals surface area contributed by atoms with Crippen LogP contribution in [0.15, 0.2) is 35.9 Å². The summed E-state index contributed by atoms with van der Waals surface area (Å²) in [5.74, 6) is 0.187. The molecule has 4 nitrogen and oxygen atoms in total. The molecule has 1 N–H and O–H groups in total. The van der Waals surface area contributed by atoms with E-state index in [9.17, 15) is 9.59 Å². The Hall–Kier alpha value is -1.75. The Morgan fingerprint density at radius 3 is 2.95 bits per heavy atom. The Balaban J connectivity index is 1.99. The van der Waals surface area contributed by atoms with E-state index in [1.165, 1.54) is 16.7 Å². The minimum Gasteiger partial charge on any atom is -0.324 e. The highest BCUT2D eigenvalue weighted by molar-refractivity contribution is 8.02. The van der Waals surface area contributed by atoms with Crippen molar-refractivity contribution < 1.29 is 9.59 Å². The molecule has 1 aromatic rings. The minimum absolute atomic E-state index is 0.0357. The number of para-hydroxylation sites is 1. The highest BCUT2D eigenvalue weighted by Gasteiger charge is 2.17. The maximum absolute atomic E-state index is 11.9. The van der Waals surface area contributed by atoms with Gasteiger partial charge >= 0.3 is 0 Å². The molecule has 1 heterocycles. The third-order valence-corrected chi connectivity index (χ3v) is 3.58. The Kier molecular flexibility index (Phi) is 4.63. The van der Waals surface area contributed by atoms with Crippen molar-refractivity contribution in [2.75, 3.05) is 17.6 Å². The zero-order valence-corrected chi connectivity index (χ0v) is 11.6. The number of hydrogen-bond acceptors (Lipinski definition) is 3. The fraction of sp³-hybridized carbons (Fsp3) is 0.286. The van der Waals surface area contributed by atoms with Crippen LogP contribution in [0, 0.1) is 0 Å². The number of rotatable bonds is 4. The number of hydrogen-bond donors (Lipinski definition) is 1. The summed E-state index contributed by atoms with van der Waals surface area (Å²) in [7, 11) is 0. The number of anilines is 1. The molecule has 0 aromatic heterocycles. The zero-order chi connectivity index (χ0) is 13.7. The van der Waals surface area contributed by atoms with Gasteiger partial charge in [0.15, 0.2) is 0 Å². The third kappa shape index (κ3) is 3.61. The standard InChI is InChI=1S/C14H16N2O2S/c1-2-11-5-3-4-6-12(11)15-13(17)9-16-7-8-19-10-14(16)18/h3-8H,2,9-10H2,1H3,(H,15,17). The van der Waals surface area contributed by atoms with Crippen LogP contribution in [0.1, 0.15) is 12.5 Å². The lowest BCUT2D eigenvalue weighted by atomic mass is 10.1. The van der Waals surface area contributed by atoms with Crippen LogP contribution in [0.4, 0.5) is 5.69 Å². The van der Waals surface area contributed by atoms with Gasteiger partial charge in [0, 0.05) is 11.9 Å². The van der Waals surface area contributed by atoms with Crippen molar-refractivity contribution in [3.63, 3.8) is 0 Å². The van der Waals surface area contributed by atoms with E-state index >= 15 is 0 Å². The molecule has 1 aliphatic heterocycles. The van der Waals surface area contributed by atoms with Crippen LogP contribution in [0.3, 0.4) is 0 Å². The molecular formula is C14H16N2O2S. The lowest BCUT2D eigenvalue weighted by Gasteiger charge is -2.20. The summed E-state index contributed by atoms with van der Waals surface area (Å²) in [6.07, 6.45) is 2.51. The fourth-order valence-electron chi connectivity index (χ4n) is 1.84. The molecule has 0 saturated carbocycles. The summed E-state index contributed by atoms with van der Waals surface area (Å²) >= 11 is 1.44. The van der Waals surface area contributed by atoms with Crippen LogP contribution < -0.4 is 5.32 Å². The van der Waals surface area contributed by atoms with E-state index in [0.29, 0.717) is 5.75 Å². The predicted molar refractivity (Wildman–Crippen MR) is 77.8 cm³/mol. The molecule has 0 spiro atoms. The van der Waals surface area contributed by atoms with E-state index in [0.717, 1.165) is 17.7 Å². The molecule has 100 valence electrons. The molecule has 0 bridgehead atoms. The monoisotopic (exact) mass is 276 g/mol. The van der Waals surface area contributed by atoms with E-state index in [4.69, 9.17) is 0 Å². The van der Waals surface area contributed by atoms with Crippen molar-refractivity contribution in [3.8, 4) is 0 Å². The van der Waals surface area contributed by atoms with Gasteiger partial charge < -0.3 is 10.2 Å². The first-order valence-electron chi connectivity index (χ1n) is 6.16. The number of amides is 2. The van der Waals surface area contributed by atoms with Crippen molar-refractivity contribution >= 4 is 29.3 Å². The molecule has 0 unspecified atom stereocenters. The molecule has 2 rings (SSSR count). The predicted octanol–water partition coefficient (Wildman–Crippen LogP) is 2.23. The van der Waals surface area contributed by atoms with Crippen LogP contribution in [-0.2, 0) is 16.0 Å². The minimum atomic E-state index is -0.175. The SMILES string of the molecule is CCc1ccccc1NC(=O)CN1C=CSCC1=O. The first kappa shape index (κ1) is 13.7. The molecular weight excluding hydrogens is 260 g/mol. The van der Waals surface area contributed by atoms with E-state index in [2.05, 4.69) is 5.32 Å². The first-order valence-corrected chi connectivity index (χ1v) is 7.21. The van der Waals surface area contributed by atoms with Crippen LogP contribution in [0.2, 0.25) is 0 Å². The van der Waals surface area contributed by atoms with Gasteiger partial charge in [-0.3, -0.25) is 9.59 Å². The molecule has 5 heteroatoms. The van der Waals surface area contributed by atoms with Crippen molar-refractivity contribution in [1.29, 1.82) is 0 Å². The maximum atomic E-state index is 11.9. The van der Waals surface area contributed by atoms with Gasteiger partial charge in [0.05, 0.1) is 5.75 Å². The number of nitrogens with one attached hydrogen (secondary N) is 1. The van der Waals surface area contributed by atoms with Gasteiger partial charge in [-0.25, -0.2) is 0 Å². The molecule has 0 fully saturated rings. The molecule has 0 atom stereocenters. The third-order valence-electron chi connectivity index (χ3n) is 2.85. The molecule has 0 aliphatic carbocycles. The van der Waals surface area contributed by atoms with Crippen molar-refractivity contribution in [1.82, 2.24) is 4.90 Å². The summed E-state index contributed by atoms with van der Waals surface area (Å²) in [5, 5.41) is 4.68. The highest BCUT2D eigenvalue weighted by Crippen LogP contribution is 2.16. The summed E-state index contributed by atoms with van der Waals surface area (Å²) < 4.78 is 0. The van der Waals surface area contributed by atoms with Crippen LogP contribution >= 0.6 is 11.8 Å². The fourth-order valence-corrected chi connectivity index (χ4v) is 2.48. The summed E-state index contributed by atoms with van der Waals surface area (Å²) in [5.41, 5.74) is 1.91. The average molecular weight is 276 g/mol. The Bertz CT molecular complexity index is 514. The summed E-state index contributed by atoms with van der Waals surface area (Å²) in [6.45, 7) is 2.10. The molecule has 2 amide bonds. The molecule has 19 heavy (non-hydrogen) atoms. The molecule has 1 aliphatic rings. The number of benzene rings is 1. The largest absolute Gasteiger partial charge is 0.324 e.